The van der Waals surface area contributed by atoms with E-state index in [2.05, 4.69) is 15.3 Å². The molecule has 4 atom stereocenters. The van der Waals surface area contributed by atoms with Gasteiger partial charge in [-0.25, -0.2) is 14.8 Å². The number of hydrogen-bond acceptors (Lipinski definition) is 9. The molecule has 1 amide bonds. The molecule has 11 nitrogen and oxygen atoms in total. The number of primary amides is 1. The second-order valence-corrected chi connectivity index (χ2v) is 7.95. The second kappa shape index (κ2) is 6.53. The van der Waals surface area contributed by atoms with Gasteiger partial charge >= 0.3 is 6.09 Å². The fourth-order valence-corrected chi connectivity index (χ4v) is 5.03. The molecule has 1 aromatic carbocycles. The molecule has 31 heavy (non-hydrogen) atoms. The second-order valence-electron chi connectivity index (χ2n) is 7.95. The van der Waals surface area contributed by atoms with Crippen LogP contribution in [0.25, 0.3) is 0 Å². The number of allylic oxidation sites excluding steroid dienone is 1. The number of nitrogens with zero attached hydrogens (tertiary/aromatic N) is 3. The zero-order chi connectivity index (χ0) is 22.1. The van der Waals surface area contributed by atoms with Crippen molar-refractivity contribution >= 4 is 35.2 Å². The lowest BCUT2D eigenvalue weighted by Gasteiger charge is -2.38. The summed E-state index contributed by atoms with van der Waals surface area (Å²) in [5, 5.41) is 33.3. The molecule has 2 saturated heterocycles. The van der Waals surface area contributed by atoms with Crippen molar-refractivity contribution in [3.8, 4) is 11.5 Å². The first-order chi connectivity index (χ1) is 14.8. The van der Waals surface area contributed by atoms with E-state index >= 15 is 0 Å². The average Bonchev–Trinajstić information content (AvgIpc) is 3.35. The van der Waals surface area contributed by atoms with Gasteiger partial charge in [-0.3, -0.25) is 5.41 Å². The van der Waals surface area contributed by atoms with Crippen LogP contribution in [-0.4, -0.2) is 72.1 Å². The van der Waals surface area contributed by atoms with E-state index in [1.807, 2.05) is 4.90 Å². The number of aliphatic imine (C=N–C) groups is 2. The van der Waals surface area contributed by atoms with Crippen LogP contribution < -0.4 is 16.0 Å². The van der Waals surface area contributed by atoms with Gasteiger partial charge < -0.3 is 35.6 Å². The van der Waals surface area contributed by atoms with Crippen LogP contribution in [0, 0.1) is 12.3 Å². The Balaban J connectivity index is 1.69. The number of aromatic hydroxyl groups is 2. The van der Waals surface area contributed by atoms with Crippen LogP contribution in [0.3, 0.4) is 0 Å². The monoisotopic (exact) mass is 426 g/mol. The number of hydrogen-bond donors (Lipinski definition) is 5. The summed E-state index contributed by atoms with van der Waals surface area (Å²) in [5.41, 5.74) is 6.08. The maximum Gasteiger partial charge on any atom is 0.404 e. The first kappa shape index (κ1) is 19.5. The molecule has 4 aliphatic heterocycles. The van der Waals surface area contributed by atoms with E-state index in [9.17, 15) is 15.0 Å². The molecule has 0 spiro atoms. The van der Waals surface area contributed by atoms with E-state index in [1.165, 1.54) is 12.3 Å². The lowest BCUT2D eigenvalue weighted by molar-refractivity contribution is -0.0337. The number of nitrogens with two attached hydrogens (primary N) is 1. The maximum atomic E-state index is 11.4. The molecular formula is C20H22N6O5. The Morgan fingerprint density at radius 1 is 1.45 bits per heavy atom. The van der Waals surface area contributed by atoms with Crippen LogP contribution in [0.15, 0.2) is 22.1 Å². The molecule has 162 valence electrons. The summed E-state index contributed by atoms with van der Waals surface area (Å²) in [4.78, 5) is 21.6. The van der Waals surface area contributed by atoms with E-state index in [-0.39, 0.29) is 41.7 Å². The third-order valence-corrected chi connectivity index (χ3v) is 6.43. The molecule has 0 radical (unpaired) electrons. The highest BCUT2D eigenvalue weighted by Gasteiger charge is 2.71. The molecule has 11 heteroatoms. The number of amidine groups is 1. The Hall–Kier alpha value is -3.44. The predicted octanol–water partition coefficient (Wildman–Crippen LogP) is 0.792. The average molecular weight is 426 g/mol. The minimum atomic E-state index is -0.948. The number of methoxy groups -OCH3 is 1. The van der Waals surface area contributed by atoms with Crippen LogP contribution in [-0.2, 0) is 9.47 Å². The van der Waals surface area contributed by atoms with Crippen molar-refractivity contribution in [2.24, 2.45) is 15.7 Å². The lowest BCUT2D eigenvalue weighted by atomic mass is 9.88. The molecule has 2 fully saturated rings. The van der Waals surface area contributed by atoms with Crippen LogP contribution in [0.2, 0.25) is 0 Å². The normalized spacial score (nSPS) is 31.0. The van der Waals surface area contributed by atoms with Crippen molar-refractivity contribution in [1.82, 2.24) is 5.32 Å². The number of ether oxygens (including phenoxy) is 2. The smallest absolute Gasteiger partial charge is 0.404 e. The molecule has 5 rings (SSSR count). The van der Waals surface area contributed by atoms with Gasteiger partial charge in [-0.2, -0.15) is 0 Å². The van der Waals surface area contributed by atoms with E-state index in [0.29, 0.717) is 29.1 Å². The molecule has 0 aliphatic carbocycles. The predicted molar refractivity (Wildman–Crippen MR) is 113 cm³/mol. The first-order valence-electron chi connectivity index (χ1n) is 9.78. The fourth-order valence-electron chi connectivity index (χ4n) is 5.03. The summed E-state index contributed by atoms with van der Waals surface area (Å²) in [6, 6.07) is 0.115. The number of anilines is 1. The molecule has 0 saturated carbocycles. The highest BCUT2D eigenvalue weighted by molar-refractivity contribution is 6.40. The zero-order valence-electron chi connectivity index (χ0n) is 16.9. The number of amides is 1. The van der Waals surface area contributed by atoms with Crippen molar-refractivity contribution in [3.05, 3.63) is 23.3 Å². The molecule has 6 N–H and O–H groups in total. The maximum absolute atomic E-state index is 11.4. The molecule has 4 heterocycles. The minimum absolute atomic E-state index is 0.0269. The Morgan fingerprint density at radius 2 is 2.23 bits per heavy atom. The number of rotatable bonds is 4. The highest BCUT2D eigenvalue weighted by Crippen LogP contribution is 2.64. The Bertz CT molecular complexity index is 1090. The number of benzene rings is 1. The number of dihydropyridines is 1. The van der Waals surface area contributed by atoms with Gasteiger partial charge in [0.1, 0.15) is 29.6 Å². The van der Waals surface area contributed by atoms with Crippen molar-refractivity contribution in [1.29, 1.82) is 5.41 Å². The standard InChI is InChI=1S/C20H22N6O5/c1-8-14(24-9-3-4-12(21)23-5-9)17(28)13-10(7-31-19(22)29)20(30-2)18-11(25-18)6-26(20)15(13)16(8)27/h3-5,10-11,18,21,25,27-28H,6-7H2,1-2H3,(H2,22,29)/t10-,11+,18+,20?/m0/s1. The molecule has 1 aromatic rings. The van der Waals surface area contributed by atoms with Gasteiger partial charge in [-0.05, 0) is 19.1 Å². The van der Waals surface area contributed by atoms with Crippen LogP contribution in [0.5, 0.6) is 11.5 Å². The van der Waals surface area contributed by atoms with Crippen LogP contribution in [0.1, 0.15) is 17.0 Å². The number of carbonyl (C=O) groups excluding carboxylic acids is 1. The Kier molecular flexibility index (Phi) is 4.11. The molecule has 0 bridgehead atoms. The summed E-state index contributed by atoms with van der Waals surface area (Å²) < 4.78 is 11.1. The highest BCUT2D eigenvalue weighted by atomic mass is 16.6. The summed E-state index contributed by atoms with van der Waals surface area (Å²) in [6.07, 6.45) is 3.55. The van der Waals surface area contributed by atoms with E-state index in [4.69, 9.17) is 20.6 Å². The van der Waals surface area contributed by atoms with Crippen molar-refractivity contribution < 1.29 is 24.5 Å². The summed E-state index contributed by atoms with van der Waals surface area (Å²) in [7, 11) is 1.55. The van der Waals surface area contributed by atoms with Gasteiger partial charge in [0, 0.05) is 30.8 Å². The quantitative estimate of drug-likeness (QED) is 0.349. The van der Waals surface area contributed by atoms with Gasteiger partial charge in [0.15, 0.2) is 5.72 Å². The third kappa shape index (κ3) is 2.60. The summed E-state index contributed by atoms with van der Waals surface area (Å²) in [5.74, 6) is -0.684. The number of piperazine rings is 1. The van der Waals surface area contributed by atoms with Crippen molar-refractivity contribution in [3.63, 3.8) is 0 Å². The number of phenols is 2. The number of carbonyl (C=O) groups is 1. The van der Waals surface area contributed by atoms with Crippen molar-refractivity contribution in [2.75, 3.05) is 25.2 Å². The molecule has 4 aliphatic rings. The largest absolute Gasteiger partial charge is 0.505 e. The first-order valence-corrected chi connectivity index (χ1v) is 9.78. The SMILES string of the molecule is COC12[C@@H]3N[C@@H]3CN1c1c(O)c(C)c(N=C3C=CC(=N)N=C3)c(O)c1[C@@H]2COC(N)=O. The third-order valence-electron chi connectivity index (χ3n) is 6.43. The molecule has 1 unspecified atom stereocenters. The summed E-state index contributed by atoms with van der Waals surface area (Å²) in [6.45, 7) is 2.09. The van der Waals surface area contributed by atoms with E-state index in [1.54, 1.807) is 20.1 Å². The van der Waals surface area contributed by atoms with Gasteiger partial charge in [0.25, 0.3) is 0 Å². The zero-order valence-corrected chi connectivity index (χ0v) is 16.9. The van der Waals surface area contributed by atoms with Gasteiger partial charge in [-0.15, -0.1) is 0 Å². The van der Waals surface area contributed by atoms with Crippen LogP contribution in [0.4, 0.5) is 16.2 Å². The lowest BCUT2D eigenvalue weighted by Crippen LogP contribution is -2.54. The van der Waals surface area contributed by atoms with Crippen LogP contribution >= 0.6 is 0 Å². The van der Waals surface area contributed by atoms with Crippen molar-refractivity contribution in [2.45, 2.75) is 30.7 Å². The van der Waals surface area contributed by atoms with E-state index < -0.39 is 17.7 Å². The minimum Gasteiger partial charge on any atom is -0.505 e. The Morgan fingerprint density at radius 3 is 2.87 bits per heavy atom. The Labute approximate surface area is 177 Å². The fraction of sp³-hybridized carbons (Fsp3) is 0.400. The van der Waals surface area contributed by atoms with Gasteiger partial charge in [0.2, 0.25) is 0 Å². The summed E-state index contributed by atoms with van der Waals surface area (Å²) >= 11 is 0. The topological polar surface area (TPSA) is 176 Å². The van der Waals surface area contributed by atoms with E-state index in [0.717, 1.165) is 0 Å². The molecule has 0 aromatic heterocycles. The van der Waals surface area contributed by atoms with Gasteiger partial charge in [0.05, 0.1) is 29.6 Å². The van der Waals surface area contributed by atoms with Gasteiger partial charge in [-0.1, -0.05) is 0 Å². The number of fused-ring (bicyclic) bond motifs is 5. The number of nitrogens with one attached hydrogen (secondary N) is 2. The number of phenolic OH excluding ortho intramolecular Hbond substituents is 2. The molecular weight excluding hydrogens is 404 g/mol.